The van der Waals surface area contributed by atoms with Crippen LogP contribution < -0.4 is 5.32 Å². The summed E-state index contributed by atoms with van der Waals surface area (Å²) < 4.78 is 5.71. The molecule has 1 aliphatic rings. The second-order valence-electron chi connectivity index (χ2n) is 6.19. The molecule has 134 valence electrons. The summed E-state index contributed by atoms with van der Waals surface area (Å²) in [5.74, 6) is 0.152. The van der Waals surface area contributed by atoms with Crippen LogP contribution >= 0.6 is 23.4 Å². The molecule has 2 aromatic rings. The third-order valence-corrected chi connectivity index (χ3v) is 5.41. The maximum atomic E-state index is 12.3. The van der Waals surface area contributed by atoms with Crippen LogP contribution in [-0.2, 0) is 4.79 Å². The van der Waals surface area contributed by atoms with E-state index in [1.54, 1.807) is 6.07 Å². The van der Waals surface area contributed by atoms with Crippen molar-refractivity contribution in [2.45, 2.75) is 48.1 Å². The standard InChI is InChI=1S/C20H19ClN2O2S/c21-15-6-9-18(10-7-15)26-19-11-8-17(25-19)12-14(13-22)20(24)23-16-4-2-1-3-5-16/h6-12,16H,1-5H2,(H,23,24)/b14-12+. The molecule has 1 amide bonds. The van der Waals surface area contributed by atoms with Crippen molar-refractivity contribution < 1.29 is 9.21 Å². The minimum Gasteiger partial charge on any atom is -0.450 e. The number of halogens is 1. The average molecular weight is 387 g/mol. The predicted molar refractivity (Wildman–Crippen MR) is 103 cm³/mol. The molecule has 0 atom stereocenters. The molecule has 0 bridgehead atoms. The Morgan fingerprint density at radius 2 is 1.92 bits per heavy atom. The van der Waals surface area contributed by atoms with E-state index in [1.807, 2.05) is 36.4 Å². The highest BCUT2D eigenvalue weighted by Crippen LogP contribution is 2.30. The molecule has 0 spiro atoms. The first-order valence-corrected chi connectivity index (χ1v) is 9.79. The molecule has 1 aromatic heterocycles. The van der Waals surface area contributed by atoms with E-state index >= 15 is 0 Å². The van der Waals surface area contributed by atoms with E-state index < -0.39 is 0 Å². The Labute approximate surface area is 162 Å². The number of nitriles is 1. The molecule has 6 heteroatoms. The molecular formula is C20H19ClN2O2S. The van der Waals surface area contributed by atoms with Gasteiger partial charge in [0, 0.05) is 22.0 Å². The first kappa shape index (κ1) is 18.6. The fourth-order valence-corrected chi connectivity index (χ4v) is 3.79. The van der Waals surface area contributed by atoms with E-state index in [2.05, 4.69) is 5.32 Å². The smallest absolute Gasteiger partial charge is 0.262 e. The van der Waals surface area contributed by atoms with Crippen molar-refractivity contribution in [3.8, 4) is 6.07 Å². The first-order valence-electron chi connectivity index (χ1n) is 8.60. The van der Waals surface area contributed by atoms with Crippen molar-refractivity contribution in [2.75, 3.05) is 0 Å². The van der Waals surface area contributed by atoms with Crippen LogP contribution in [0.15, 0.2) is 56.4 Å². The monoisotopic (exact) mass is 386 g/mol. The first-order chi connectivity index (χ1) is 12.6. The SMILES string of the molecule is N#C/C(=C\c1ccc(Sc2ccc(Cl)cc2)o1)C(=O)NC1CCCCC1. The lowest BCUT2D eigenvalue weighted by Gasteiger charge is -2.22. The quantitative estimate of drug-likeness (QED) is 0.548. The second-order valence-corrected chi connectivity index (χ2v) is 7.71. The lowest BCUT2D eigenvalue weighted by molar-refractivity contribution is -0.117. The molecule has 1 fully saturated rings. The summed E-state index contributed by atoms with van der Waals surface area (Å²) in [5.41, 5.74) is 0.0629. The van der Waals surface area contributed by atoms with Gasteiger partial charge in [-0.2, -0.15) is 5.26 Å². The minimum atomic E-state index is -0.331. The normalized spacial score (nSPS) is 15.5. The van der Waals surface area contributed by atoms with E-state index in [0.717, 1.165) is 30.6 Å². The molecule has 0 aliphatic heterocycles. The Bertz CT molecular complexity index is 830. The molecular weight excluding hydrogens is 368 g/mol. The van der Waals surface area contributed by atoms with Gasteiger partial charge in [-0.25, -0.2) is 0 Å². The zero-order valence-corrected chi connectivity index (χ0v) is 15.8. The fourth-order valence-electron chi connectivity index (χ4n) is 2.89. The van der Waals surface area contributed by atoms with Crippen LogP contribution in [0.1, 0.15) is 37.9 Å². The number of furan rings is 1. The van der Waals surface area contributed by atoms with Gasteiger partial charge in [0.1, 0.15) is 17.4 Å². The Kier molecular flexibility index (Phi) is 6.43. The molecule has 1 N–H and O–H groups in total. The molecule has 0 saturated heterocycles. The van der Waals surface area contributed by atoms with Gasteiger partial charge in [-0.15, -0.1) is 0 Å². The molecule has 1 aliphatic carbocycles. The number of carbonyl (C=O) groups is 1. The van der Waals surface area contributed by atoms with Crippen LogP contribution in [0.5, 0.6) is 0 Å². The van der Waals surface area contributed by atoms with E-state index in [4.69, 9.17) is 16.0 Å². The van der Waals surface area contributed by atoms with Crippen LogP contribution in [0.3, 0.4) is 0 Å². The van der Waals surface area contributed by atoms with Gasteiger partial charge in [-0.05, 0) is 49.2 Å². The number of carbonyl (C=O) groups excluding carboxylic acids is 1. The molecule has 0 radical (unpaired) electrons. The number of nitrogens with one attached hydrogen (secondary N) is 1. The van der Waals surface area contributed by atoms with Crippen LogP contribution in [0.25, 0.3) is 6.08 Å². The van der Waals surface area contributed by atoms with Gasteiger partial charge >= 0.3 is 0 Å². The summed E-state index contributed by atoms with van der Waals surface area (Å²) in [6, 6.07) is 13.2. The van der Waals surface area contributed by atoms with Gasteiger partial charge in [0.15, 0.2) is 5.09 Å². The van der Waals surface area contributed by atoms with Crippen LogP contribution in [0, 0.1) is 11.3 Å². The third kappa shape index (κ3) is 5.17. The van der Waals surface area contributed by atoms with E-state index in [1.165, 1.54) is 24.3 Å². The van der Waals surface area contributed by atoms with Crippen molar-refractivity contribution in [3.05, 3.63) is 52.8 Å². The second kappa shape index (κ2) is 8.98. The lowest BCUT2D eigenvalue weighted by Crippen LogP contribution is -2.36. The number of hydrogen-bond donors (Lipinski definition) is 1. The summed E-state index contributed by atoms with van der Waals surface area (Å²) in [4.78, 5) is 13.3. The maximum absolute atomic E-state index is 12.3. The molecule has 0 unspecified atom stereocenters. The topological polar surface area (TPSA) is 66.0 Å². The summed E-state index contributed by atoms with van der Waals surface area (Å²) in [7, 11) is 0. The third-order valence-electron chi connectivity index (χ3n) is 4.23. The maximum Gasteiger partial charge on any atom is 0.262 e. The summed E-state index contributed by atoms with van der Waals surface area (Å²) in [6.07, 6.45) is 6.91. The molecule has 3 rings (SSSR count). The predicted octanol–water partition coefficient (Wildman–Crippen LogP) is 5.44. The Morgan fingerprint density at radius 3 is 2.62 bits per heavy atom. The summed E-state index contributed by atoms with van der Waals surface area (Å²) in [6.45, 7) is 0. The van der Waals surface area contributed by atoms with Gasteiger partial charge < -0.3 is 9.73 Å². The van der Waals surface area contributed by atoms with Gasteiger partial charge in [-0.3, -0.25) is 4.79 Å². The number of rotatable bonds is 5. The lowest BCUT2D eigenvalue weighted by atomic mass is 9.95. The molecule has 4 nitrogen and oxygen atoms in total. The van der Waals surface area contributed by atoms with Gasteiger partial charge in [0.05, 0.1) is 0 Å². The van der Waals surface area contributed by atoms with Crippen molar-refractivity contribution in [1.29, 1.82) is 5.26 Å². The number of benzene rings is 1. The van der Waals surface area contributed by atoms with E-state index in [-0.39, 0.29) is 17.5 Å². The Balaban J connectivity index is 1.65. The van der Waals surface area contributed by atoms with Crippen LogP contribution in [0.4, 0.5) is 0 Å². The average Bonchev–Trinajstić information content (AvgIpc) is 3.09. The minimum absolute atomic E-state index is 0.0629. The molecule has 1 saturated carbocycles. The van der Waals surface area contributed by atoms with E-state index in [9.17, 15) is 10.1 Å². The zero-order chi connectivity index (χ0) is 18.4. The Hall–Kier alpha value is -2.16. The summed E-state index contributed by atoms with van der Waals surface area (Å²) >= 11 is 7.33. The molecule has 26 heavy (non-hydrogen) atoms. The highest BCUT2D eigenvalue weighted by Gasteiger charge is 2.18. The van der Waals surface area contributed by atoms with Crippen molar-refractivity contribution >= 4 is 35.3 Å². The summed E-state index contributed by atoms with van der Waals surface area (Å²) in [5, 5.41) is 13.6. The highest BCUT2D eigenvalue weighted by molar-refractivity contribution is 7.99. The van der Waals surface area contributed by atoms with E-state index in [0.29, 0.717) is 15.9 Å². The number of nitrogens with zero attached hydrogens (tertiary/aromatic N) is 1. The highest BCUT2D eigenvalue weighted by atomic mass is 35.5. The van der Waals surface area contributed by atoms with Gasteiger partial charge in [0.25, 0.3) is 5.91 Å². The fraction of sp³-hybridized carbons (Fsp3) is 0.300. The largest absolute Gasteiger partial charge is 0.450 e. The number of hydrogen-bond acceptors (Lipinski definition) is 4. The molecule has 1 aromatic carbocycles. The Morgan fingerprint density at radius 1 is 1.19 bits per heavy atom. The van der Waals surface area contributed by atoms with Gasteiger partial charge in [0.2, 0.25) is 0 Å². The molecule has 1 heterocycles. The zero-order valence-electron chi connectivity index (χ0n) is 14.2. The van der Waals surface area contributed by atoms with Gasteiger partial charge in [-0.1, -0.05) is 42.6 Å². The van der Waals surface area contributed by atoms with Crippen molar-refractivity contribution in [2.24, 2.45) is 0 Å². The van der Waals surface area contributed by atoms with Crippen LogP contribution in [0.2, 0.25) is 5.02 Å². The van der Waals surface area contributed by atoms with Crippen LogP contribution in [-0.4, -0.2) is 11.9 Å². The van der Waals surface area contributed by atoms with Crippen molar-refractivity contribution in [3.63, 3.8) is 0 Å². The van der Waals surface area contributed by atoms with Crippen molar-refractivity contribution in [1.82, 2.24) is 5.32 Å². The number of amides is 1.